The summed E-state index contributed by atoms with van der Waals surface area (Å²) in [7, 11) is 0. The summed E-state index contributed by atoms with van der Waals surface area (Å²) < 4.78 is 16.6. The number of carbonyl (C=O) groups is 3. The van der Waals surface area contributed by atoms with Crippen molar-refractivity contribution in [3.8, 4) is 0 Å². The molecular weight excluding hydrogens is 733 g/mol. The van der Waals surface area contributed by atoms with Crippen molar-refractivity contribution in [2.75, 3.05) is 13.2 Å². The van der Waals surface area contributed by atoms with Crippen LogP contribution in [0.25, 0.3) is 0 Å². The third-order valence-electron chi connectivity index (χ3n) is 10.2. The maximum atomic E-state index is 12.7. The van der Waals surface area contributed by atoms with E-state index >= 15 is 0 Å². The second-order valence-electron chi connectivity index (χ2n) is 16.0. The molecule has 0 fully saturated rings. The molecule has 0 heterocycles. The highest BCUT2D eigenvalue weighted by molar-refractivity contribution is 5.71. The fourth-order valence-corrected chi connectivity index (χ4v) is 6.48. The Morgan fingerprint density at radius 1 is 0.356 bits per heavy atom. The maximum Gasteiger partial charge on any atom is 0.306 e. The molecule has 59 heavy (non-hydrogen) atoms. The summed E-state index contributed by atoms with van der Waals surface area (Å²) in [5, 5.41) is 0. The number of hydrogen-bond donors (Lipinski definition) is 0. The lowest BCUT2D eigenvalue weighted by atomic mass is 10.1. The Balaban J connectivity index is 4.53. The van der Waals surface area contributed by atoms with Crippen LogP contribution in [-0.4, -0.2) is 37.2 Å². The fourth-order valence-electron chi connectivity index (χ4n) is 6.48. The van der Waals surface area contributed by atoms with Gasteiger partial charge in [0.05, 0.1) is 0 Å². The van der Waals surface area contributed by atoms with Crippen LogP contribution in [0.1, 0.15) is 226 Å². The van der Waals surface area contributed by atoms with Gasteiger partial charge in [0.25, 0.3) is 0 Å². The van der Waals surface area contributed by atoms with Crippen LogP contribution >= 0.6 is 0 Å². The van der Waals surface area contributed by atoms with Crippen molar-refractivity contribution in [1.29, 1.82) is 0 Å². The predicted octanol–water partition coefficient (Wildman–Crippen LogP) is 15.9. The molecule has 0 saturated carbocycles. The van der Waals surface area contributed by atoms with Crippen LogP contribution in [0.3, 0.4) is 0 Å². The van der Waals surface area contributed by atoms with E-state index in [4.69, 9.17) is 14.2 Å². The summed E-state index contributed by atoms with van der Waals surface area (Å²) in [4.78, 5) is 37.8. The van der Waals surface area contributed by atoms with Crippen LogP contribution in [0.4, 0.5) is 0 Å². The lowest BCUT2D eigenvalue weighted by molar-refractivity contribution is -0.166. The van der Waals surface area contributed by atoms with E-state index in [1.54, 1.807) is 0 Å². The minimum absolute atomic E-state index is 0.122. The number of carbonyl (C=O) groups excluding carboxylic acids is 3. The smallest absolute Gasteiger partial charge is 0.306 e. The lowest BCUT2D eigenvalue weighted by Gasteiger charge is -2.18. The van der Waals surface area contributed by atoms with Gasteiger partial charge >= 0.3 is 17.9 Å². The van der Waals surface area contributed by atoms with Gasteiger partial charge in [-0.05, 0) is 83.5 Å². The van der Waals surface area contributed by atoms with Crippen LogP contribution in [0.5, 0.6) is 0 Å². The number of allylic oxidation sites excluding steroid dienone is 12. The van der Waals surface area contributed by atoms with Gasteiger partial charge in [0.1, 0.15) is 13.2 Å². The molecule has 0 rings (SSSR count). The Morgan fingerprint density at radius 2 is 0.695 bits per heavy atom. The van der Waals surface area contributed by atoms with Crippen molar-refractivity contribution in [1.82, 2.24) is 0 Å². The first-order valence-electron chi connectivity index (χ1n) is 24.5. The maximum absolute atomic E-state index is 12.7. The van der Waals surface area contributed by atoms with E-state index in [1.165, 1.54) is 116 Å². The molecule has 0 bridgehead atoms. The topological polar surface area (TPSA) is 78.9 Å². The standard InChI is InChI=1S/C53H90O6/c1-4-7-10-13-16-19-22-25-26-29-31-34-37-40-43-46-52(55)58-49-50(59-53(56)47-44-41-38-35-32-28-24-21-18-15-12-9-6-3)48-57-51(54)45-42-39-36-33-30-27-23-20-17-14-11-8-5-2/h16,19,22,25,27-28,30,32,36,38-39,41,50H,4-15,17-18,20-21,23-24,26,29,31,33-35,37,40,42-49H2,1-3H3/b19-16+,25-22+,30-27+,32-28+,39-36+,41-38+. The molecule has 0 aliphatic heterocycles. The summed E-state index contributed by atoms with van der Waals surface area (Å²) in [5.41, 5.74) is 0. The van der Waals surface area contributed by atoms with E-state index < -0.39 is 12.1 Å². The third-order valence-corrected chi connectivity index (χ3v) is 10.2. The molecule has 6 nitrogen and oxygen atoms in total. The van der Waals surface area contributed by atoms with Gasteiger partial charge in [-0.25, -0.2) is 0 Å². The number of esters is 3. The van der Waals surface area contributed by atoms with Crippen LogP contribution in [0, 0.1) is 0 Å². The van der Waals surface area contributed by atoms with Crippen LogP contribution in [0.15, 0.2) is 72.9 Å². The number of ether oxygens (including phenoxy) is 3. The van der Waals surface area contributed by atoms with Gasteiger partial charge in [0.2, 0.25) is 0 Å². The van der Waals surface area contributed by atoms with Crippen molar-refractivity contribution in [3.05, 3.63) is 72.9 Å². The molecule has 0 spiro atoms. The van der Waals surface area contributed by atoms with E-state index in [1.807, 2.05) is 12.2 Å². The second kappa shape index (κ2) is 47.5. The minimum Gasteiger partial charge on any atom is -0.462 e. The average Bonchev–Trinajstić information content (AvgIpc) is 3.23. The van der Waals surface area contributed by atoms with Crippen molar-refractivity contribution in [3.63, 3.8) is 0 Å². The molecule has 0 aromatic rings. The summed E-state index contributed by atoms with van der Waals surface area (Å²) in [6.07, 6.45) is 59.1. The highest BCUT2D eigenvalue weighted by atomic mass is 16.6. The predicted molar refractivity (Wildman–Crippen MR) is 251 cm³/mol. The Kier molecular flexibility index (Phi) is 45.0. The van der Waals surface area contributed by atoms with Gasteiger partial charge in [-0.15, -0.1) is 0 Å². The SMILES string of the molecule is CCCCC/C=C/C=C/CCCCCCCCC(=O)OCC(COC(=O)CC/C=C/C/C=C/CCCCCCCC)OC(=O)CC/C=C/C/C=C/CCCCCCCC. The van der Waals surface area contributed by atoms with E-state index in [2.05, 4.69) is 81.5 Å². The van der Waals surface area contributed by atoms with Gasteiger partial charge in [-0.3, -0.25) is 14.4 Å². The molecule has 0 aromatic carbocycles. The zero-order valence-corrected chi connectivity index (χ0v) is 38.5. The van der Waals surface area contributed by atoms with E-state index in [0.29, 0.717) is 19.3 Å². The first-order chi connectivity index (χ1) is 29.0. The summed E-state index contributed by atoms with van der Waals surface area (Å²) in [6, 6.07) is 0. The number of unbranched alkanes of at least 4 members (excludes halogenated alkanes) is 21. The number of rotatable bonds is 43. The third kappa shape index (κ3) is 45.8. The Bertz CT molecular complexity index is 1130. The monoisotopic (exact) mass is 823 g/mol. The van der Waals surface area contributed by atoms with Crippen molar-refractivity contribution < 1.29 is 28.6 Å². The van der Waals surface area contributed by atoms with Gasteiger partial charge in [0, 0.05) is 19.3 Å². The van der Waals surface area contributed by atoms with E-state index in [9.17, 15) is 14.4 Å². The zero-order chi connectivity index (χ0) is 43.0. The highest BCUT2D eigenvalue weighted by Crippen LogP contribution is 2.12. The Morgan fingerprint density at radius 3 is 1.17 bits per heavy atom. The van der Waals surface area contributed by atoms with Crippen LogP contribution in [0.2, 0.25) is 0 Å². The molecule has 6 heteroatoms. The van der Waals surface area contributed by atoms with Gasteiger partial charge in [-0.1, -0.05) is 196 Å². The van der Waals surface area contributed by atoms with Gasteiger partial charge < -0.3 is 14.2 Å². The normalized spacial score (nSPS) is 12.7. The zero-order valence-electron chi connectivity index (χ0n) is 38.5. The first kappa shape index (κ1) is 55.9. The Labute approximate surface area is 363 Å². The molecule has 0 aromatic heterocycles. The van der Waals surface area contributed by atoms with Crippen LogP contribution < -0.4 is 0 Å². The van der Waals surface area contributed by atoms with Crippen molar-refractivity contribution in [2.24, 2.45) is 0 Å². The second-order valence-corrected chi connectivity index (χ2v) is 16.0. The molecule has 1 unspecified atom stereocenters. The minimum atomic E-state index is -0.831. The van der Waals surface area contributed by atoms with E-state index in [-0.39, 0.29) is 38.0 Å². The Hall–Kier alpha value is -3.15. The van der Waals surface area contributed by atoms with Crippen molar-refractivity contribution >= 4 is 17.9 Å². The molecular formula is C53H90O6. The summed E-state index contributed by atoms with van der Waals surface area (Å²) in [6.45, 7) is 6.47. The lowest BCUT2D eigenvalue weighted by Crippen LogP contribution is -2.30. The molecule has 0 amide bonds. The molecule has 1 atom stereocenters. The first-order valence-corrected chi connectivity index (χ1v) is 24.5. The molecule has 0 saturated heterocycles. The summed E-state index contributed by atoms with van der Waals surface area (Å²) in [5.74, 6) is -1.07. The number of hydrogen-bond acceptors (Lipinski definition) is 6. The highest BCUT2D eigenvalue weighted by Gasteiger charge is 2.19. The molecule has 0 aliphatic rings. The van der Waals surface area contributed by atoms with Crippen molar-refractivity contribution in [2.45, 2.75) is 232 Å². The molecule has 338 valence electrons. The summed E-state index contributed by atoms with van der Waals surface area (Å²) >= 11 is 0. The van der Waals surface area contributed by atoms with Gasteiger partial charge in [-0.2, -0.15) is 0 Å². The molecule has 0 aliphatic carbocycles. The quantitative estimate of drug-likeness (QED) is 0.0200. The van der Waals surface area contributed by atoms with E-state index in [0.717, 1.165) is 57.8 Å². The average molecular weight is 823 g/mol. The largest absolute Gasteiger partial charge is 0.462 e. The van der Waals surface area contributed by atoms with Gasteiger partial charge in [0.15, 0.2) is 6.10 Å². The molecule has 0 N–H and O–H groups in total. The van der Waals surface area contributed by atoms with Crippen LogP contribution in [-0.2, 0) is 28.6 Å². The fraction of sp³-hybridized carbons (Fsp3) is 0.717. The molecule has 0 radical (unpaired) electrons.